The van der Waals surface area contributed by atoms with E-state index in [0.29, 0.717) is 36.4 Å². The number of hydrogen-bond donors (Lipinski definition) is 2. The van der Waals surface area contributed by atoms with Crippen molar-refractivity contribution in [2.24, 2.45) is 5.92 Å². The highest BCUT2D eigenvalue weighted by Crippen LogP contribution is 2.41. The van der Waals surface area contributed by atoms with Gasteiger partial charge >= 0.3 is 0 Å². The number of fused-ring (bicyclic) bond motifs is 5. The van der Waals surface area contributed by atoms with E-state index in [2.05, 4.69) is 15.5 Å². The van der Waals surface area contributed by atoms with Gasteiger partial charge in [0.25, 0.3) is 11.5 Å². The number of carbonyl (C=O) groups is 1. The van der Waals surface area contributed by atoms with Crippen LogP contribution in [0.5, 0.6) is 0 Å². The average molecular weight is 393 g/mol. The van der Waals surface area contributed by atoms with Gasteiger partial charge in [0, 0.05) is 55.8 Å². The van der Waals surface area contributed by atoms with Crippen LogP contribution >= 0.6 is 0 Å². The first-order chi connectivity index (χ1) is 14.2. The van der Waals surface area contributed by atoms with Gasteiger partial charge in [-0.3, -0.25) is 14.7 Å². The molecular formula is C22H27N5O2. The van der Waals surface area contributed by atoms with Crippen LogP contribution < -0.4 is 10.9 Å². The molecule has 0 unspecified atom stereocenters. The summed E-state index contributed by atoms with van der Waals surface area (Å²) in [5.41, 5.74) is 5.00. The Morgan fingerprint density at radius 1 is 1.10 bits per heavy atom. The SMILES string of the molecule is O=C(c1ccc2n(c1=O)C[C@@H]1CNC[C@H]2C1)N1CCc2[nH]nc(C3CC3)c2CC1. The van der Waals surface area contributed by atoms with Crippen LogP contribution in [0.15, 0.2) is 16.9 Å². The van der Waals surface area contributed by atoms with Gasteiger partial charge in [-0.05, 0) is 55.8 Å². The van der Waals surface area contributed by atoms with Crippen LogP contribution in [-0.4, -0.2) is 51.8 Å². The van der Waals surface area contributed by atoms with Crippen molar-refractivity contribution in [3.05, 3.63) is 50.7 Å². The van der Waals surface area contributed by atoms with Crippen molar-refractivity contribution >= 4 is 5.91 Å². The van der Waals surface area contributed by atoms with Crippen molar-refractivity contribution in [3.63, 3.8) is 0 Å². The highest BCUT2D eigenvalue weighted by atomic mass is 16.2. The van der Waals surface area contributed by atoms with Crippen molar-refractivity contribution in [2.45, 2.75) is 50.5 Å². The summed E-state index contributed by atoms with van der Waals surface area (Å²) in [6.45, 7) is 3.89. The summed E-state index contributed by atoms with van der Waals surface area (Å²) in [5, 5.41) is 11.2. The Kier molecular flexibility index (Phi) is 3.94. The molecule has 2 N–H and O–H groups in total. The summed E-state index contributed by atoms with van der Waals surface area (Å²) in [7, 11) is 0. The zero-order chi connectivity index (χ0) is 19.5. The van der Waals surface area contributed by atoms with Gasteiger partial charge in [0.15, 0.2) is 0 Å². The number of piperidine rings is 1. The second-order valence-corrected chi connectivity index (χ2v) is 9.18. The van der Waals surface area contributed by atoms with Crippen molar-refractivity contribution in [3.8, 4) is 0 Å². The summed E-state index contributed by atoms with van der Waals surface area (Å²) >= 11 is 0. The molecule has 0 radical (unpaired) electrons. The number of aromatic amines is 1. The minimum Gasteiger partial charge on any atom is -0.338 e. The Morgan fingerprint density at radius 2 is 1.97 bits per heavy atom. The zero-order valence-electron chi connectivity index (χ0n) is 16.6. The van der Waals surface area contributed by atoms with Crippen LogP contribution in [0, 0.1) is 5.92 Å². The van der Waals surface area contributed by atoms with Gasteiger partial charge in [0.1, 0.15) is 5.56 Å². The molecule has 5 heterocycles. The first-order valence-electron chi connectivity index (χ1n) is 11.0. The molecule has 29 heavy (non-hydrogen) atoms. The smallest absolute Gasteiger partial charge is 0.263 e. The van der Waals surface area contributed by atoms with Crippen LogP contribution in [-0.2, 0) is 19.4 Å². The fourth-order valence-electron chi connectivity index (χ4n) is 5.53. The Hall–Kier alpha value is -2.41. The van der Waals surface area contributed by atoms with E-state index < -0.39 is 0 Å². The summed E-state index contributed by atoms with van der Waals surface area (Å²) in [6, 6.07) is 3.78. The van der Waals surface area contributed by atoms with Gasteiger partial charge in [-0.2, -0.15) is 5.10 Å². The second-order valence-electron chi connectivity index (χ2n) is 9.18. The van der Waals surface area contributed by atoms with Crippen molar-refractivity contribution in [2.75, 3.05) is 26.2 Å². The van der Waals surface area contributed by atoms with Crippen LogP contribution in [0.4, 0.5) is 0 Å². The molecule has 2 fully saturated rings. The third-order valence-electron chi connectivity index (χ3n) is 7.24. The van der Waals surface area contributed by atoms with Gasteiger partial charge < -0.3 is 14.8 Å². The molecule has 1 saturated heterocycles. The molecule has 2 bridgehead atoms. The normalized spacial score (nSPS) is 25.9. The highest BCUT2D eigenvalue weighted by Gasteiger charge is 2.34. The molecule has 2 aromatic rings. The number of nitrogens with zero attached hydrogens (tertiary/aromatic N) is 3. The topological polar surface area (TPSA) is 83.0 Å². The van der Waals surface area contributed by atoms with Gasteiger partial charge in [-0.15, -0.1) is 0 Å². The van der Waals surface area contributed by atoms with Crippen molar-refractivity contribution in [1.82, 2.24) is 25.0 Å². The summed E-state index contributed by atoms with van der Waals surface area (Å²) < 4.78 is 1.88. The number of pyridine rings is 1. The standard InChI is InChI=1S/C22H27N5O2/c28-21(26-7-5-16-18(6-8-26)24-25-20(16)14-1-2-14)17-3-4-19-15-9-13(10-23-11-15)12-27(19)22(17)29/h3-4,13-15,23H,1-2,5-12H2,(H,24,25)/t13-,15+/m0/s1. The van der Waals surface area contributed by atoms with E-state index in [-0.39, 0.29) is 11.5 Å². The van der Waals surface area contributed by atoms with Gasteiger partial charge in [0.05, 0.1) is 5.69 Å². The largest absolute Gasteiger partial charge is 0.338 e. The molecule has 0 spiro atoms. The Morgan fingerprint density at radius 3 is 2.83 bits per heavy atom. The zero-order valence-corrected chi connectivity index (χ0v) is 16.6. The molecule has 152 valence electrons. The second kappa shape index (κ2) is 6.55. The predicted molar refractivity (Wildman–Crippen MR) is 108 cm³/mol. The van der Waals surface area contributed by atoms with E-state index in [4.69, 9.17) is 0 Å². The number of amides is 1. The fourth-order valence-corrected chi connectivity index (χ4v) is 5.53. The van der Waals surface area contributed by atoms with E-state index in [0.717, 1.165) is 44.6 Å². The number of hydrogen-bond acceptors (Lipinski definition) is 4. The summed E-state index contributed by atoms with van der Waals surface area (Å²) in [6.07, 6.45) is 5.20. The predicted octanol–water partition coefficient (Wildman–Crippen LogP) is 1.40. The lowest BCUT2D eigenvalue weighted by Gasteiger charge is -2.37. The lowest BCUT2D eigenvalue weighted by atomic mass is 9.84. The lowest BCUT2D eigenvalue weighted by molar-refractivity contribution is 0.0759. The maximum Gasteiger partial charge on any atom is 0.263 e. The van der Waals surface area contributed by atoms with Crippen molar-refractivity contribution in [1.29, 1.82) is 0 Å². The Balaban J connectivity index is 1.26. The van der Waals surface area contributed by atoms with E-state index in [1.54, 1.807) is 6.07 Å². The third kappa shape index (κ3) is 2.86. The average Bonchev–Trinajstić information content (AvgIpc) is 3.53. The number of H-pyrrole nitrogens is 1. The first kappa shape index (κ1) is 17.4. The number of carbonyl (C=O) groups excluding carboxylic acids is 1. The molecule has 1 amide bonds. The summed E-state index contributed by atoms with van der Waals surface area (Å²) in [5.74, 6) is 1.36. The molecule has 0 aromatic carbocycles. The molecule has 7 heteroatoms. The third-order valence-corrected chi connectivity index (χ3v) is 7.24. The van der Waals surface area contributed by atoms with Gasteiger partial charge in [-0.25, -0.2) is 0 Å². The van der Waals surface area contributed by atoms with Crippen LogP contribution in [0.1, 0.15) is 64.1 Å². The quantitative estimate of drug-likeness (QED) is 0.808. The Labute approximate surface area is 169 Å². The maximum absolute atomic E-state index is 13.3. The fraction of sp³-hybridized carbons (Fsp3) is 0.591. The van der Waals surface area contributed by atoms with Crippen molar-refractivity contribution < 1.29 is 4.79 Å². The number of nitrogens with one attached hydrogen (secondary N) is 2. The highest BCUT2D eigenvalue weighted by molar-refractivity contribution is 5.94. The molecule has 2 aromatic heterocycles. The lowest BCUT2D eigenvalue weighted by Crippen LogP contribution is -2.46. The summed E-state index contributed by atoms with van der Waals surface area (Å²) in [4.78, 5) is 28.4. The molecule has 1 saturated carbocycles. The first-order valence-corrected chi connectivity index (χ1v) is 11.0. The minimum atomic E-state index is -0.120. The molecule has 4 aliphatic rings. The molecule has 1 aliphatic carbocycles. The monoisotopic (exact) mass is 393 g/mol. The minimum absolute atomic E-state index is 0.104. The van der Waals surface area contributed by atoms with Crippen LogP contribution in [0.25, 0.3) is 0 Å². The maximum atomic E-state index is 13.3. The molecule has 3 aliphatic heterocycles. The molecular weight excluding hydrogens is 366 g/mol. The van der Waals surface area contributed by atoms with E-state index >= 15 is 0 Å². The molecule has 7 nitrogen and oxygen atoms in total. The van der Waals surface area contributed by atoms with E-state index in [1.807, 2.05) is 15.5 Å². The van der Waals surface area contributed by atoms with Crippen LogP contribution in [0.2, 0.25) is 0 Å². The number of aromatic nitrogens is 3. The molecule has 2 atom stereocenters. The van der Waals surface area contributed by atoms with E-state index in [1.165, 1.54) is 29.8 Å². The van der Waals surface area contributed by atoms with E-state index in [9.17, 15) is 9.59 Å². The number of rotatable bonds is 2. The van der Waals surface area contributed by atoms with Crippen LogP contribution in [0.3, 0.4) is 0 Å². The molecule has 6 rings (SSSR count). The van der Waals surface area contributed by atoms with Gasteiger partial charge in [0.2, 0.25) is 0 Å². The van der Waals surface area contributed by atoms with Gasteiger partial charge in [-0.1, -0.05) is 0 Å². The Bertz CT molecular complexity index is 1030.